The molecule has 4 N–H and O–H groups in total. The lowest BCUT2D eigenvalue weighted by Crippen LogP contribution is -2.42. The third-order valence-electron chi connectivity index (χ3n) is 9.10. The number of aliphatic hydroxyl groups is 2. The number of aliphatic hydroxyl groups excluding tert-OH is 2. The van der Waals surface area contributed by atoms with E-state index in [4.69, 9.17) is 44.4 Å². The summed E-state index contributed by atoms with van der Waals surface area (Å²) < 4.78 is 15.3. The number of amides is 2. The summed E-state index contributed by atoms with van der Waals surface area (Å²) in [6.45, 7) is 21.8. The first-order valence-electron chi connectivity index (χ1n) is 22.1. The molecule has 0 aromatic carbocycles. The molecular formula is C50H87N3O9S3. The molecule has 0 aromatic heterocycles. The van der Waals surface area contributed by atoms with Crippen molar-refractivity contribution in [2.75, 3.05) is 38.7 Å². The van der Waals surface area contributed by atoms with Gasteiger partial charge >= 0.3 is 5.97 Å². The number of nitriles is 1. The van der Waals surface area contributed by atoms with Gasteiger partial charge in [0.25, 0.3) is 5.95 Å². The molecule has 1 fully saturated rings. The highest BCUT2D eigenvalue weighted by Crippen LogP contribution is 2.35. The fourth-order valence-electron chi connectivity index (χ4n) is 4.81. The molecule has 1 aliphatic heterocycles. The van der Waals surface area contributed by atoms with Gasteiger partial charge in [-0.05, 0) is 85.0 Å². The lowest BCUT2D eigenvalue weighted by atomic mass is 9.83. The van der Waals surface area contributed by atoms with Gasteiger partial charge in [0.2, 0.25) is 11.8 Å². The van der Waals surface area contributed by atoms with Gasteiger partial charge in [-0.15, -0.1) is 36.4 Å². The number of unbranched alkanes of at least 4 members (excludes halogenated alkanes) is 7. The van der Waals surface area contributed by atoms with Crippen LogP contribution in [0.4, 0.5) is 0 Å². The molecule has 4 unspecified atom stereocenters. The maximum absolute atomic E-state index is 12.1. The van der Waals surface area contributed by atoms with Gasteiger partial charge < -0.3 is 35.1 Å². The lowest BCUT2D eigenvalue weighted by molar-refractivity contribution is -0.150. The molecule has 1 heterocycles. The van der Waals surface area contributed by atoms with Crippen LogP contribution < -0.4 is 10.6 Å². The first kappa shape index (κ1) is 70.5. The van der Waals surface area contributed by atoms with E-state index in [1.54, 1.807) is 39.5 Å². The Kier molecular flexibility index (Phi) is 49.5. The summed E-state index contributed by atoms with van der Waals surface area (Å²) >= 11 is 8.44. The third-order valence-corrected chi connectivity index (χ3v) is 12.0. The van der Waals surface area contributed by atoms with Crippen LogP contribution in [0.2, 0.25) is 0 Å². The molecule has 2 amide bonds. The Bertz CT molecular complexity index is 1460. The molecule has 0 saturated carbocycles. The van der Waals surface area contributed by atoms with E-state index >= 15 is 0 Å². The molecule has 15 heteroatoms. The summed E-state index contributed by atoms with van der Waals surface area (Å²) in [5.74, 6) is 5.93. The zero-order chi connectivity index (χ0) is 48.5. The molecule has 374 valence electrons. The van der Waals surface area contributed by atoms with Gasteiger partial charge in [0.05, 0.1) is 49.9 Å². The average molecular weight is 970 g/mol. The van der Waals surface area contributed by atoms with Crippen molar-refractivity contribution in [2.24, 2.45) is 5.41 Å². The van der Waals surface area contributed by atoms with E-state index < -0.39 is 22.4 Å². The summed E-state index contributed by atoms with van der Waals surface area (Å²) in [6, 6.07) is 2.30. The number of carbonyl (C=O) groups excluding carboxylic acids is 4. The van der Waals surface area contributed by atoms with Crippen molar-refractivity contribution in [1.29, 1.82) is 5.26 Å². The number of thiocarbonyl (C=S) groups is 1. The van der Waals surface area contributed by atoms with E-state index in [0.29, 0.717) is 50.2 Å². The molecular weight excluding hydrogens is 883 g/mol. The van der Waals surface area contributed by atoms with Crippen LogP contribution in [0, 0.1) is 41.4 Å². The van der Waals surface area contributed by atoms with Crippen LogP contribution in [0.25, 0.3) is 0 Å². The van der Waals surface area contributed by atoms with Gasteiger partial charge in [-0.25, -0.2) is 0 Å². The largest absolute Gasteiger partial charge is 0.466 e. The number of hydrogen-bond donors (Lipinski definition) is 4. The molecule has 65 heavy (non-hydrogen) atoms. The number of nitrogens with zero attached hydrogens (tertiary/aromatic N) is 1. The van der Waals surface area contributed by atoms with Crippen molar-refractivity contribution in [3.05, 3.63) is 24.7 Å². The number of thioether (sulfide) groups is 2. The van der Waals surface area contributed by atoms with Crippen LogP contribution in [-0.2, 0) is 33.4 Å². The molecule has 0 spiro atoms. The number of ether oxygens (including phenoxy) is 3. The van der Waals surface area contributed by atoms with E-state index in [2.05, 4.69) is 48.6 Å². The molecule has 0 aromatic rings. The first-order chi connectivity index (χ1) is 29.8. The van der Waals surface area contributed by atoms with Gasteiger partial charge in [-0.2, -0.15) is 5.26 Å². The first-order valence-corrected chi connectivity index (χ1v) is 24.3. The molecule has 4 atom stereocenters. The average Bonchev–Trinajstić information content (AvgIpc) is 3.50. The predicted octanol–water partition coefficient (Wildman–Crippen LogP) is 10.4. The Morgan fingerprint density at radius 3 is 1.97 bits per heavy atom. The number of carbonyl (C=O) groups is 4. The molecule has 0 radical (unpaired) electrons. The molecule has 1 rings (SSSR count). The quantitative estimate of drug-likeness (QED) is 0.0211. The Hall–Kier alpha value is -3.52. The number of terminal acetylenes is 2. The zero-order valence-electron chi connectivity index (χ0n) is 39.4. The maximum atomic E-state index is 12.1. The Labute approximate surface area is 409 Å². The van der Waals surface area contributed by atoms with Crippen LogP contribution in [0.3, 0.4) is 0 Å². The highest BCUT2D eigenvalue weighted by Gasteiger charge is 2.34. The lowest BCUT2D eigenvalue weighted by Gasteiger charge is -2.26. The van der Waals surface area contributed by atoms with E-state index in [1.807, 2.05) is 13.8 Å². The monoisotopic (exact) mass is 970 g/mol. The Morgan fingerprint density at radius 1 is 0.908 bits per heavy atom. The number of nitrogens with one attached hydrogen (secondary N) is 2. The number of esters is 1. The van der Waals surface area contributed by atoms with Crippen molar-refractivity contribution in [2.45, 2.75) is 189 Å². The van der Waals surface area contributed by atoms with Crippen molar-refractivity contribution in [1.82, 2.24) is 10.6 Å². The van der Waals surface area contributed by atoms with Crippen molar-refractivity contribution < 1.29 is 43.6 Å². The summed E-state index contributed by atoms with van der Waals surface area (Å²) in [5, 5.41) is 32.5. The number of ketones is 1. The molecule has 1 aliphatic rings. The summed E-state index contributed by atoms with van der Waals surface area (Å²) in [5.41, 5.74) is -0.322. The Balaban J connectivity index is -0.000000265. The van der Waals surface area contributed by atoms with Crippen LogP contribution in [0.5, 0.6) is 0 Å². The number of hydrogen-bond acceptors (Lipinski definition) is 13. The van der Waals surface area contributed by atoms with Gasteiger partial charge in [-0.1, -0.05) is 98.3 Å². The van der Waals surface area contributed by atoms with Crippen molar-refractivity contribution in [3.63, 3.8) is 0 Å². The van der Waals surface area contributed by atoms with E-state index in [-0.39, 0.29) is 57.9 Å². The summed E-state index contributed by atoms with van der Waals surface area (Å²) in [4.78, 5) is 46.3. The van der Waals surface area contributed by atoms with E-state index in [9.17, 15) is 29.5 Å². The number of rotatable bonds is 26. The topological polar surface area (TPSA) is 184 Å². The SMILES string of the molecule is C.C.C#CCCCCCCCSC(=S)SC(C)(C#N)CCC(=O)CCC#C.C=C(C)C(=O)NCC(C)O.C=C1OCCCCO1.CCCCCOC(=O)CC(C)(CC)C(=O)NCC(C)O. The third kappa shape index (κ3) is 45.4. The summed E-state index contributed by atoms with van der Waals surface area (Å²) in [6.07, 6.45) is 23.5. The predicted molar refractivity (Wildman–Crippen MR) is 277 cm³/mol. The van der Waals surface area contributed by atoms with Crippen LogP contribution in [-0.4, -0.2) is 92.9 Å². The fourth-order valence-corrected chi connectivity index (χ4v) is 7.78. The minimum absolute atomic E-state index is 0. The van der Waals surface area contributed by atoms with Gasteiger partial charge in [-0.3, -0.25) is 19.2 Å². The van der Waals surface area contributed by atoms with Crippen molar-refractivity contribution in [3.8, 4) is 30.8 Å². The minimum atomic E-state index is -0.781. The van der Waals surface area contributed by atoms with Gasteiger partial charge in [0.15, 0.2) is 0 Å². The summed E-state index contributed by atoms with van der Waals surface area (Å²) in [7, 11) is 0. The van der Waals surface area contributed by atoms with Crippen LogP contribution >= 0.6 is 35.7 Å². The van der Waals surface area contributed by atoms with E-state index in [1.165, 1.54) is 31.0 Å². The fraction of sp³-hybridized carbons (Fsp3) is 0.720. The van der Waals surface area contributed by atoms with E-state index in [0.717, 1.165) is 73.9 Å². The van der Waals surface area contributed by atoms with Crippen LogP contribution in [0.1, 0.15) is 172 Å². The second-order valence-corrected chi connectivity index (χ2v) is 19.5. The zero-order valence-corrected chi connectivity index (χ0v) is 41.9. The minimum Gasteiger partial charge on any atom is -0.466 e. The molecule has 12 nitrogen and oxygen atoms in total. The van der Waals surface area contributed by atoms with Crippen LogP contribution in [0.15, 0.2) is 24.7 Å². The smallest absolute Gasteiger partial charge is 0.306 e. The molecule has 0 aliphatic carbocycles. The van der Waals surface area contributed by atoms with Crippen molar-refractivity contribution >= 4 is 62.8 Å². The normalized spacial score (nSPS) is 13.9. The Morgan fingerprint density at radius 2 is 1.46 bits per heavy atom. The maximum Gasteiger partial charge on any atom is 0.306 e. The van der Waals surface area contributed by atoms with Gasteiger partial charge in [0.1, 0.15) is 14.1 Å². The highest BCUT2D eigenvalue weighted by molar-refractivity contribution is 8.47. The second-order valence-electron chi connectivity index (χ2n) is 15.7. The number of Topliss-reactive ketones (excluding diaryl/α,β-unsaturated/α-hetero) is 1. The second kappa shape index (κ2) is 45.6. The van der Waals surface area contributed by atoms with Gasteiger partial charge in [0, 0.05) is 44.3 Å². The molecule has 0 bridgehead atoms. The molecule has 1 saturated heterocycles. The highest BCUT2D eigenvalue weighted by atomic mass is 32.2. The standard InChI is InChI=1S/C20H27NOS3.C15H29NO4.C7H13NO2.C6H10O2.2CH4/c1-4-6-8-9-10-11-12-16-24-19(23)25-20(3,17-21)15-14-18(22)13-7-5-2;1-5-7-8-9-20-13(18)10-15(4,6-2)14(19)16-11-12(3)17;1-5(2)7(10)8-4-6(3)9;1-6-7-4-2-3-5-8-6;;/h1-2H,6-16H2,3H3;12,17H,5-11H2,1-4H3,(H,16,19);6,9H,1,4H2,2-3H3,(H,8,10);1-5H2;2*1H4.